The van der Waals surface area contributed by atoms with Crippen LogP contribution in [0.5, 0.6) is 0 Å². The van der Waals surface area contributed by atoms with Gasteiger partial charge in [0.1, 0.15) is 6.61 Å². The van der Waals surface area contributed by atoms with E-state index in [1.165, 1.54) is 34.0 Å². The molecule has 6 rings (SSSR count). The normalized spacial score (nSPS) is 19.7. The van der Waals surface area contributed by atoms with Crippen LogP contribution in [0.1, 0.15) is 41.9 Å². The van der Waals surface area contributed by atoms with Crippen molar-refractivity contribution >= 4 is 29.7 Å². The summed E-state index contributed by atoms with van der Waals surface area (Å²) in [6.45, 7) is 1.58. The van der Waals surface area contributed by atoms with Crippen molar-refractivity contribution in [1.29, 1.82) is 0 Å². The Kier molecular flexibility index (Phi) is 6.81. The maximum Gasteiger partial charge on any atom is 0.409 e. The van der Waals surface area contributed by atoms with E-state index in [-0.39, 0.29) is 30.9 Å². The molecular weight excluding hydrogens is 512 g/mol. The molecule has 1 aliphatic carbocycles. The van der Waals surface area contributed by atoms with Crippen molar-refractivity contribution in [3.8, 4) is 11.1 Å². The summed E-state index contributed by atoms with van der Waals surface area (Å²) in [4.78, 5) is 41.0. The number of carboxylic acids is 1. The Bertz CT molecular complexity index is 1360. The highest BCUT2D eigenvalue weighted by molar-refractivity contribution is 8.02. The van der Waals surface area contributed by atoms with Crippen molar-refractivity contribution in [3.63, 3.8) is 0 Å². The Morgan fingerprint density at radius 3 is 2.10 bits per heavy atom. The molecular formula is C31H30N2O5S. The lowest BCUT2D eigenvalue weighted by molar-refractivity contribution is -0.141. The van der Waals surface area contributed by atoms with Gasteiger partial charge in [0.2, 0.25) is 5.91 Å². The van der Waals surface area contributed by atoms with Crippen LogP contribution in [0.3, 0.4) is 0 Å². The standard InChI is InChI=1S/C31H30N2O5S/c34-28(35)18-27-29(36)33(19-21-8-2-1-3-9-21)31(39-27)14-16-32(17-15-31)30(37)38-20-26-24-12-6-4-10-22(24)23-11-5-7-13-25(23)26/h1-13,26-27H,14-20H2,(H,34,35). The Morgan fingerprint density at radius 1 is 0.897 bits per heavy atom. The molecule has 200 valence electrons. The van der Waals surface area contributed by atoms with Crippen LogP contribution in [0, 0.1) is 0 Å². The fraction of sp³-hybridized carbons (Fsp3) is 0.323. The van der Waals surface area contributed by atoms with E-state index in [1.807, 2.05) is 59.5 Å². The Morgan fingerprint density at radius 2 is 1.49 bits per heavy atom. The molecule has 39 heavy (non-hydrogen) atoms. The van der Waals surface area contributed by atoms with Gasteiger partial charge in [-0.1, -0.05) is 78.9 Å². The van der Waals surface area contributed by atoms with Gasteiger partial charge in [-0.3, -0.25) is 9.59 Å². The molecule has 3 aromatic rings. The molecule has 1 atom stereocenters. The van der Waals surface area contributed by atoms with E-state index in [4.69, 9.17) is 4.74 Å². The number of likely N-dealkylation sites (tertiary alicyclic amines) is 1. The van der Waals surface area contributed by atoms with E-state index in [0.717, 1.165) is 5.56 Å². The first-order valence-corrected chi connectivity index (χ1v) is 14.2. The van der Waals surface area contributed by atoms with Crippen LogP contribution in [0.4, 0.5) is 4.79 Å². The molecule has 2 amide bonds. The summed E-state index contributed by atoms with van der Waals surface area (Å²) < 4.78 is 5.87. The van der Waals surface area contributed by atoms with Crippen molar-refractivity contribution in [2.75, 3.05) is 19.7 Å². The van der Waals surface area contributed by atoms with E-state index in [9.17, 15) is 19.5 Å². The minimum atomic E-state index is -0.978. The number of benzene rings is 3. The van der Waals surface area contributed by atoms with Gasteiger partial charge in [0.05, 0.1) is 16.5 Å². The van der Waals surface area contributed by atoms with Gasteiger partial charge in [-0.25, -0.2) is 4.79 Å². The molecule has 2 heterocycles. The predicted octanol–water partition coefficient (Wildman–Crippen LogP) is 5.35. The number of aliphatic carboxylic acids is 1. The van der Waals surface area contributed by atoms with Crippen LogP contribution in [0.2, 0.25) is 0 Å². The number of rotatable bonds is 6. The van der Waals surface area contributed by atoms with Crippen LogP contribution in [0.15, 0.2) is 78.9 Å². The van der Waals surface area contributed by atoms with Gasteiger partial charge in [-0.05, 0) is 40.7 Å². The van der Waals surface area contributed by atoms with Crippen LogP contribution in [-0.2, 0) is 20.9 Å². The zero-order chi connectivity index (χ0) is 27.0. The molecule has 7 nitrogen and oxygen atoms in total. The fourth-order valence-electron chi connectivity index (χ4n) is 6.14. The van der Waals surface area contributed by atoms with Gasteiger partial charge in [0, 0.05) is 25.6 Å². The number of fused-ring (bicyclic) bond motifs is 3. The predicted molar refractivity (Wildman–Crippen MR) is 149 cm³/mol. The van der Waals surface area contributed by atoms with E-state index in [2.05, 4.69) is 24.3 Å². The summed E-state index contributed by atoms with van der Waals surface area (Å²) in [5, 5.41) is 8.77. The SMILES string of the molecule is O=C(O)CC1SC2(CCN(C(=O)OCC3c4ccccc4-c4ccccc43)CC2)N(Cc2ccccc2)C1=O. The lowest BCUT2D eigenvalue weighted by Gasteiger charge is -2.43. The first kappa shape index (κ1) is 25.5. The second-order valence-corrected chi connectivity index (χ2v) is 11.9. The van der Waals surface area contributed by atoms with Crippen molar-refractivity contribution in [3.05, 3.63) is 95.6 Å². The molecule has 1 spiro atoms. The van der Waals surface area contributed by atoms with Gasteiger partial charge >= 0.3 is 12.1 Å². The summed E-state index contributed by atoms with van der Waals surface area (Å²) >= 11 is 1.45. The number of carbonyl (C=O) groups is 3. The minimum Gasteiger partial charge on any atom is -0.481 e. The lowest BCUT2D eigenvalue weighted by Crippen LogP contribution is -2.52. The number of carboxylic acid groups (broad SMARTS) is 1. The molecule has 3 aliphatic rings. The van der Waals surface area contributed by atoms with E-state index in [1.54, 1.807) is 4.90 Å². The van der Waals surface area contributed by atoms with Crippen LogP contribution in [-0.4, -0.2) is 62.7 Å². The molecule has 1 N–H and O–H groups in total. The zero-order valence-electron chi connectivity index (χ0n) is 21.5. The Hall–Kier alpha value is -3.78. The molecule has 1 unspecified atom stereocenters. The first-order chi connectivity index (χ1) is 18.9. The molecule has 0 radical (unpaired) electrons. The molecule has 8 heteroatoms. The highest BCUT2D eigenvalue weighted by Gasteiger charge is 2.53. The largest absolute Gasteiger partial charge is 0.481 e. The number of amides is 2. The van der Waals surface area contributed by atoms with Gasteiger partial charge < -0.3 is 19.6 Å². The summed E-state index contributed by atoms with van der Waals surface area (Å²) in [5.41, 5.74) is 5.72. The molecule has 0 saturated carbocycles. The number of carbonyl (C=O) groups excluding carboxylic acids is 2. The average molecular weight is 543 g/mol. The number of nitrogens with zero attached hydrogens (tertiary/aromatic N) is 2. The third kappa shape index (κ3) is 4.78. The number of piperidine rings is 1. The molecule has 2 aliphatic heterocycles. The maximum atomic E-state index is 13.3. The average Bonchev–Trinajstić information content (AvgIpc) is 3.40. The van der Waals surface area contributed by atoms with E-state index in [0.29, 0.717) is 32.5 Å². The Labute approximate surface area is 231 Å². The van der Waals surface area contributed by atoms with Gasteiger partial charge in [0.25, 0.3) is 0 Å². The monoisotopic (exact) mass is 542 g/mol. The van der Waals surface area contributed by atoms with Gasteiger partial charge in [-0.15, -0.1) is 11.8 Å². The molecule has 0 bridgehead atoms. The molecule has 2 saturated heterocycles. The van der Waals surface area contributed by atoms with Crippen molar-refractivity contribution in [2.45, 2.75) is 41.8 Å². The van der Waals surface area contributed by atoms with Crippen LogP contribution < -0.4 is 0 Å². The molecule has 0 aromatic heterocycles. The van der Waals surface area contributed by atoms with Crippen LogP contribution >= 0.6 is 11.8 Å². The first-order valence-electron chi connectivity index (χ1n) is 13.3. The van der Waals surface area contributed by atoms with Crippen LogP contribution in [0.25, 0.3) is 11.1 Å². The summed E-state index contributed by atoms with van der Waals surface area (Å²) in [7, 11) is 0. The van der Waals surface area contributed by atoms with Crippen molar-refractivity contribution < 1.29 is 24.2 Å². The van der Waals surface area contributed by atoms with Crippen molar-refractivity contribution in [1.82, 2.24) is 9.80 Å². The lowest BCUT2D eigenvalue weighted by atomic mass is 9.98. The summed E-state index contributed by atoms with van der Waals surface area (Å²) in [5.74, 6) is -1.12. The van der Waals surface area contributed by atoms with E-state index < -0.39 is 16.1 Å². The Balaban J connectivity index is 1.13. The molecule has 2 fully saturated rings. The minimum absolute atomic E-state index is 0.00127. The third-order valence-corrected chi connectivity index (χ3v) is 9.80. The smallest absolute Gasteiger partial charge is 0.409 e. The number of thioether (sulfide) groups is 1. The van der Waals surface area contributed by atoms with E-state index >= 15 is 0 Å². The van der Waals surface area contributed by atoms with Gasteiger partial charge in [-0.2, -0.15) is 0 Å². The van der Waals surface area contributed by atoms with Crippen molar-refractivity contribution in [2.24, 2.45) is 0 Å². The summed E-state index contributed by atoms with van der Waals surface area (Å²) in [6, 6.07) is 26.3. The highest BCUT2D eigenvalue weighted by Crippen LogP contribution is 2.50. The number of hydrogen-bond donors (Lipinski definition) is 1. The summed E-state index contributed by atoms with van der Waals surface area (Å²) in [6.07, 6.45) is 0.581. The quantitative estimate of drug-likeness (QED) is 0.452. The second kappa shape index (κ2) is 10.4. The topological polar surface area (TPSA) is 87.2 Å². The second-order valence-electron chi connectivity index (χ2n) is 10.4. The number of hydrogen-bond acceptors (Lipinski definition) is 5. The highest BCUT2D eigenvalue weighted by atomic mass is 32.2. The molecule has 3 aromatic carbocycles. The fourth-order valence-corrected chi connectivity index (χ4v) is 7.82. The number of ether oxygens (including phenoxy) is 1. The zero-order valence-corrected chi connectivity index (χ0v) is 22.3. The maximum absolute atomic E-state index is 13.3. The third-order valence-electron chi connectivity index (χ3n) is 8.08. The van der Waals surface area contributed by atoms with Gasteiger partial charge in [0.15, 0.2) is 0 Å².